The summed E-state index contributed by atoms with van der Waals surface area (Å²) >= 11 is 6.83. The summed E-state index contributed by atoms with van der Waals surface area (Å²) < 4.78 is 0. The van der Waals surface area contributed by atoms with E-state index in [-0.39, 0.29) is 0 Å². The van der Waals surface area contributed by atoms with Gasteiger partial charge in [0.15, 0.2) is 5.11 Å². The molecule has 0 fully saturated rings. The van der Waals surface area contributed by atoms with Crippen molar-refractivity contribution < 1.29 is 0 Å². The van der Waals surface area contributed by atoms with Gasteiger partial charge in [0.2, 0.25) is 0 Å². The van der Waals surface area contributed by atoms with Crippen LogP contribution in [0.1, 0.15) is 16.0 Å². The molecule has 0 saturated heterocycles. The first kappa shape index (κ1) is 14.7. The van der Waals surface area contributed by atoms with E-state index in [1.807, 2.05) is 23.6 Å². The Kier molecular flexibility index (Phi) is 5.70. The molecule has 1 aromatic heterocycles. The molecule has 0 atom stereocenters. The summed E-state index contributed by atoms with van der Waals surface area (Å²) in [5.74, 6) is 0. The van der Waals surface area contributed by atoms with Gasteiger partial charge in [-0.15, -0.1) is 11.3 Å². The first-order chi connectivity index (χ1) is 9.75. The molecule has 2 N–H and O–H groups in total. The van der Waals surface area contributed by atoms with Crippen molar-refractivity contribution in [2.45, 2.75) is 13.3 Å². The Morgan fingerprint density at radius 2 is 2.10 bits per heavy atom. The summed E-state index contributed by atoms with van der Waals surface area (Å²) in [6, 6.07) is 12.4. The molecule has 0 aliphatic carbocycles. The van der Waals surface area contributed by atoms with Crippen LogP contribution in [-0.4, -0.2) is 17.9 Å². The minimum Gasteiger partial charge on any atom is -0.361 e. The fourth-order valence-corrected chi connectivity index (χ4v) is 2.61. The van der Waals surface area contributed by atoms with E-state index in [0.29, 0.717) is 5.11 Å². The van der Waals surface area contributed by atoms with Crippen molar-refractivity contribution in [3.8, 4) is 0 Å². The number of hydrogen-bond donors (Lipinski definition) is 2. The predicted octanol–water partition coefficient (Wildman–Crippen LogP) is 3.10. The van der Waals surface area contributed by atoms with Crippen LogP contribution in [-0.2, 0) is 6.42 Å². The minimum atomic E-state index is 0.548. The first-order valence-electron chi connectivity index (χ1n) is 6.40. The van der Waals surface area contributed by atoms with E-state index < -0.39 is 0 Å². The summed E-state index contributed by atoms with van der Waals surface area (Å²) in [6.07, 6.45) is 2.74. The van der Waals surface area contributed by atoms with Gasteiger partial charge in [-0.05, 0) is 48.1 Å². The predicted molar refractivity (Wildman–Crippen MR) is 90.5 cm³/mol. The lowest BCUT2D eigenvalue weighted by Crippen LogP contribution is -2.33. The number of hydrazone groups is 1. The number of nitrogens with one attached hydrogen (secondary N) is 2. The Labute approximate surface area is 128 Å². The lowest BCUT2D eigenvalue weighted by atomic mass is 10.1. The summed E-state index contributed by atoms with van der Waals surface area (Å²) in [5.41, 5.74) is 5.35. The summed E-state index contributed by atoms with van der Waals surface area (Å²) in [4.78, 5) is 1.14. The fourth-order valence-electron chi connectivity index (χ4n) is 1.67. The molecule has 0 aliphatic rings. The van der Waals surface area contributed by atoms with Crippen LogP contribution in [0.4, 0.5) is 0 Å². The molecule has 0 unspecified atom stereocenters. The van der Waals surface area contributed by atoms with Gasteiger partial charge >= 0.3 is 0 Å². The van der Waals surface area contributed by atoms with Crippen molar-refractivity contribution in [1.29, 1.82) is 0 Å². The molecule has 0 amide bonds. The average molecular weight is 303 g/mol. The van der Waals surface area contributed by atoms with Crippen molar-refractivity contribution in [2.75, 3.05) is 6.54 Å². The SMILES string of the molecule is Cc1ccsc1/C=N/NC(=S)NCCc1ccccc1. The van der Waals surface area contributed by atoms with Crippen molar-refractivity contribution in [3.63, 3.8) is 0 Å². The highest BCUT2D eigenvalue weighted by molar-refractivity contribution is 7.80. The lowest BCUT2D eigenvalue weighted by Gasteiger charge is -2.06. The molecule has 5 heteroatoms. The van der Waals surface area contributed by atoms with Crippen LogP contribution in [0.3, 0.4) is 0 Å². The van der Waals surface area contributed by atoms with Crippen LogP contribution in [0.5, 0.6) is 0 Å². The highest BCUT2D eigenvalue weighted by Gasteiger charge is 1.96. The van der Waals surface area contributed by atoms with Gasteiger partial charge in [0.25, 0.3) is 0 Å². The molecule has 0 saturated carbocycles. The summed E-state index contributed by atoms with van der Waals surface area (Å²) in [6.45, 7) is 2.86. The van der Waals surface area contributed by atoms with E-state index in [0.717, 1.165) is 17.8 Å². The van der Waals surface area contributed by atoms with Gasteiger partial charge in [-0.1, -0.05) is 30.3 Å². The molecule has 20 heavy (non-hydrogen) atoms. The Morgan fingerprint density at radius 1 is 1.30 bits per heavy atom. The summed E-state index contributed by atoms with van der Waals surface area (Å²) in [7, 11) is 0. The summed E-state index contributed by atoms with van der Waals surface area (Å²) in [5, 5.41) is 9.86. The number of benzene rings is 1. The van der Waals surface area contributed by atoms with Crippen LogP contribution < -0.4 is 10.7 Å². The number of thiophene rings is 1. The van der Waals surface area contributed by atoms with Gasteiger partial charge in [-0.2, -0.15) is 5.10 Å². The fraction of sp³-hybridized carbons (Fsp3) is 0.200. The Balaban J connectivity index is 1.68. The highest BCUT2D eigenvalue weighted by Crippen LogP contribution is 2.12. The topological polar surface area (TPSA) is 36.4 Å². The Bertz CT molecular complexity index is 576. The maximum atomic E-state index is 5.16. The first-order valence-corrected chi connectivity index (χ1v) is 7.69. The third-order valence-electron chi connectivity index (χ3n) is 2.79. The van der Waals surface area contributed by atoms with Crippen LogP contribution in [0.25, 0.3) is 0 Å². The smallest absolute Gasteiger partial charge is 0.186 e. The quantitative estimate of drug-likeness (QED) is 0.506. The molecule has 0 aliphatic heterocycles. The zero-order chi connectivity index (χ0) is 14.2. The number of thiocarbonyl (C=S) groups is 1. The Morgan fingerprint density at radius 3 is 2.80 bits per heavy atom. The van der Waals surface area contributed by atoms with Crippen LogP contribution >= 0.6 is 23.6 Å². The molecule has 3 nitrogen and oxygen atoms in total. The second kappa shape index (κ2) is 7.77. The minimum absolute atomic E-state index is 0.548. The Hall–Kier alpha value is -1.72. The molecule has 0 radical (unpaired) electrons. The van der Waals surface area contributed by atoms with Crippen LogP contribution in [0.2, 0.25) is 0 Å². The zero-order valence-electron chi connectivity index (χ0n) is 11.3. The molecular weight excluding hydrogens is 286 g/mol. The van der Waals surface area contributed by atoms with Gasteiger partial charge in [0, 0.05) is 11.4 Å². The third kappa shape index (κ3) is 4.75. The van der Waals surface area contributed by atoms with E-state index in [2.05, 4.69) is 41.0 Å². The molecule has 0 bridgehead atoms. The third-order valence-corrected chi connectivity index (χ3v) is 3.98. The monoisotopic (exact) mass is 303 g/mol. The molecule has 104 valence electrons. The van der Waals surface area contributed by atoms with Gasteiger partial charge in [-0.3, -0.25) is 5.43 Å². The molecular formula is C15H17N3S2. The van der Waals surface area contributed by atoms with Crippen LogP contribution in [0.15, 0.2) is 46.9 Å². The normalized spacial score (nSPS) is 10.7. The molecule has 2 aromatic rings. The van der Waals surface area contributed by atoms with Crippen LogP contribution in [0, 0.1) is 6.92 Å². The van der Waals surface area contributed by atoms with E-state index in [4.69, 9.17) is 12.2 Å². The number of hydrogen-bond acceptors (Lipinski definition) is 3. The van der Waals surface area contributed by atoms with Crippen molar-refractivity contribution in [2.24, 2.45) is 5.10 Å². The molecule has 0 spiro atoms. The second-order valence-electron chi connectivity index (χ2n) is 4.33. The van der Waals surface area contributed by atoms with Gasteiger partial charge in [0.05, 0.1) is 6.21 Å². The number of aryl methyl sites for hydroxylation is 1. The van der Waals surface area contributed by atoms with E-state index in [1.165, 1.54) is 11.1 Å². The number of rotatable bonds is 5. The molecule has 2 rings (SSSR count). The second-order valence-corrected chi connectivity index (χ2v) is 5.69. The van der Waals surface area contributed by atoms with E-state index >= 15 is 0 Å². The van der Waals surface area contributed by atoms with E-state index in [1.54, 1.807) is 17.6 Å². The lowest BCUT2D eigenvalue weighted by molar-refractivity contribution is 0.838. The molecule has 1 heterocycles. The zero-order valence-corrected chi connectivity index (χ0v) is 12.9. The highest BCUT2D eigenvalue weighted by atomic mass is 32.1. The maximum absolute atomic E-state index is 5.16. The number of nitrogens with zero attached hydrogens (tertiary/aromatic N) is 1. The van der Waals surface area contributed by atoms with Gasteiger partial charge < -0.3 is 5.32 Å². The van der Waals surface area contributed by atoms with Crippen molar-refractivity contribution in [3.05, 3.63) is 57.8 Å². The van der Waals surface area contributed by atoms with Gasteiger partial charge in [-0.25, -0.2) is 0 Å². The van der Waals surface area contributed by atoms with Crippen molar-refractivity contribution >= 4 is 34.9 Å². The average Bonchev–Trinajstić information content (AvgIpc) is 2.86. The van der Waals surface area contributed by atoms with E-state index in [9.17, 15) is 0 Å². The maximum Gasteiger partial charge on any atom is 0.186 e. The van der Waals surface area contributed by atoms with Gasteiger partial charge in [0.1, 0.15) is 0 Å². The van der Waals surface area contributed by atoms with Crippen molar-refractivity contribution in [1.82, 2.24) is 10.7 Å². The molecule has 1 aromatic carbocycles. The largest absolute Gasteiger partial charge is 0.361 e. The standard InChI is InChI=1S/C15H17N3S2/c1-12-8-10-20-14(12)11-17-18-15(19)16-9-7-13-5-3-2-4-6-13/h2-6,8,10-11H,7,9H2,1H3,(H2,16,18,19)/b17-11+.